The molecule has 3 aromatic carbocycles. The van der Waals surface area contributed by atoms with E-state index in [1.807, 2.05) is 30.3 Å². The number of ether oxygens (including phenoxy) is 1. The number of methoxy groups -OCH3 is 1. The van der Waals surface area contributed by atoms with Crippen LogP contribution in [0.15, 0.2) is 89.8 Å². The molecule has 206 valence electrons. The second-order valence-corrected chi connectivity index (χ2v) is 11.6. The Morgan fingerprint density at radius 3 is 2.10 bits per heavy atom. The molecule has 0 heterocycles. The first-order valence-corrected chi connectivity index (χ1v) is 14.6. The minimum atomic E-state index is -4.10. The van der Waals surface area contributed by atoms with E-state index in [1.165, 1.54) is 24.1 Å². The van der Waals surface area contributed by atoms with Crippen molar-refractivity contribution in [3.8, 4) is 5.75 Å². The van der Waals surface area contributed by atoms with Gasteiger partial charge in [0.15, 0.2) is 0 Å². The Morgan fingerprint density at radius 1 is 0.923 bits per heavy atom. The molecule has 8 nitrogen and oxygen atoms in total. The van der Waals surface area contributed by atoms with Gasteiger partial charge in [0.1, 0.15) is 18.3 Å². The highest BCUT2D eigenvalue weighted by atomic mass is 32.2. The van der Waals surface area contributed by atoms with Gasteiger partial charge < -0.3 is 15.0 Å². The molecule has 1 unspecified atom stereocenters. The molecule has 9 heteroatoms. The summed E-state index contributed by atoms with van der Waals surface area (Å²) in [6.45, 7) is 1.38. The standard InChI is InChI=1S/C30H35N3O5S/c1-23(30(35)31-25-13-9-10-14-25)32(21-24-11-5-3-6-12-24)29(34)22-33(26-17-19-27(38-2)20-18-26)39(36,37)28-15-7-4-8-16-28/h3-8,11-12,15-20,23,25H,9-10,13-14,21-22H2,1-2H3,(H,31,35). The molecular formula is C30H35N3O5S. The van der Waals surface area contributed by atoms with Crippen molar-refractivity contribution in [2.45, 2.75) is 56.1 Å². The van der Waals surface area contributed by atoms with Crippen molar-refractivity contribution >= 4 is 27.5 Å². The van der Waals surface area contributed by atoms with Crippen LogP contribution in [0.5, 0.6) is 5.75 Å². The van der Waals surface area contributed by atoms with Crippen LogP contribution in [0.4, 0.5) is 5.69 Å². The molecule has 1 fully saturated rings. The summed E-state index contributed by atoms with van der Waals surface area (Å²) in [5.41, 5.74) is 1.16. The summed E-state index contributed by atoms with van der Waals surface area (Å²) in [5.74, 6) is -0.165. The van der Waals surface area contributed by atoms with Gasteiger partial charge >= 0.3 is 0 Å². The van der Waals surface area contributed by atoms with Crippen molar-refractivity contribution in [2.24, 2.45) is 0 Å². The molecule has 1 aliphatic rings. The lowest BCUT2D eigenvalue weighted by atomic mass is 10.1. The van der Waals surface area contributed by atoms with Gasteiger partial charge in [-0.2, -0.15) is 0 Å². The summed E-state index contributed by atoms with van der Waals surface area (Å²) in [5, 5.41) is 3.07. The van der Waals surface area contributed by atoms with Crippen LogP contribution in [0, 0.1) is 0 Å². The number of carbonyl (C=O) groups is 2. The van der Waals surface area contributed by atoms with Crippen LogP contribution in [0.25, 0.3) is 0 Å². The lowest BCUT2D eigenvalue weighted by Crippen LogP contribution is -2.52. The van der Waals surface area contributed by atoms with E-state index in [4.69, 9.17) is 4.74 Å². The molecule has 0 aliphatic heterocycles. The molecule has 4 rings (SSSR count). The van der Waals surface area contributed by atoms with E-state index in [0.717, 1.165) is 35.6 Å². The van der Waals surface area contributed by atoms with E-state index in [-0.39, 0.29) is 23.4 Å². The number of rotatable bonds is 11. The highest BCUT2D eigenvalue weighted by Crippen LogP contribution is 2.26. The minimum Gasteiger partial charge on any atom is -0.497 e. The predicted molar refractivity (Wildman–Crippen MR) is 151 cm³/mol. The van der Waals surface area contributed by atoms with E-state index < -0.39 is 28.5 Å². The molecule has 0 bridgehead atoms. The second kappa shape index (κ2) is 12.8. The maximum Gasteiger partial charge on any atom is 0.264 e. The summed E-state index contributed by atoms with van der Waals surface area (Å²) < 4.78 is 33.9. The summed E-state index contributed by atoms with van der Waals surface area (Å²) in [7, 11) is -2.57. The molecule has 0 aromatic heterocycles. The Kier molecular flexibility index (Phi) is 9.24. The first kappa shape index (κ1) is 28.2. The Morgan fingerprint density at radius 2 is 1.51 bits per heavy atom. The number of carbonyl (C=O) groups excluding carboxylic acids is 2. The summed E-state index contributed by atoms with van der Waals surface area (Å²) in [6.07, 6.45) is 3.98. The number of sulfonamides is 1. The lowest BCUT2D eigenvalue weighted by molar-refractivity contribution is -0.139. The van der Waals surface area contributed by atoms with Crippen molar-refractivity contribution < 1.29 is 22.7 Å². The quantitative estimate of drug-likeness (QED) is 0.383. The molecule has 1 N–H and O–H groups in total. The van der Waals surface area contributed by atoms with E-state index in [2.05, 4.69) is 5.32 Å². The van der Waals surface area contributed by atoms with E-state index in [0.29, 0.717) is 11.4 Å². The molecule has 1 saturated carbocycles. The highest BCUT2D eigenvalue weighted by molar-refractivity contribution is 7.92. The number of benzene rings is 3. The maximum absolute atomic E-state index is 13.9. The van der Waals surface area contributed by atoms with Gasteiger partial charge in [-0.25, -0.2) is 8.42 Å². The smallest absolute Gasteiger partial charge is 0.264 e. The number of hydrogen-bond donors (Lipinski definition) is 1. The van der Waals surface area contributed by atoms with Gasteiger partial charge in [-0.3, -0.25) is 13.9 Å². The van der Waals surface area contributed by atoms with Gasteiger partial charge in [0.2, 0.25) is 11.8 Å². The van der Waals surface area contributed by atoms with Crippen LogP contribution in [0.1, 0.15) is 38.2 Å². The molecule has 2 amide bonds. The van der Waals surface area contributed by atoms with Crippen molar-refractivity contribution in [1.82, 2.24) is 10.2 Å². The topological polar surface area (TPSA) is 96.0 Å². The monoisotopic (exact) mass is 549 g/mol. The first-order chi connectivity index (χ1) is 18.8. The zero-order valence-electron chi connectivity index (χ0n) is 22.3. The van der Waals surface area contributed by atoms with Crippen LogP contribution in [0.3, 0.4) is 0 Å². The summed E-state index contributed by atoms with van der Waals surface area (Å²) in [6, 6.07) is 23.2. The fraction of sp³-hybridized carbons (Fsp3) is 0.333. The second-order valence-electron chi connectivity index (χ2n) is 9.70. The average Bonchev–Trinajstić information content (AvgIpc) is 3.48. The van der Waals surface area contributed by atoms with Gasteiger partial charge in [0.05, 0.1) is 17.7 Å². The number of nitrogens with one attached hydrogen (secondary N) is 1. The Bertz CT molecular complexity index is 1340. The van der Waals surface area contributed by atoms with Gasteiger partial charge in [0.25, 0.3) is 10.0 Å². The number of hydrogen-bond acceptors (Lipinski definition) is 5. The van der Waals surface area contributed by atoms with E-state index in [9.17, 15) is 18.0 Å². The van der Waals surface area contributed by atoms with Crippen LogP contribution in [0.2, 0.25) is 0 Å². The zero-order chi connectivity index (χ0) is 27.8. The molecule has 1 atom stereocenters. The fourth-order valence-corrected chi connectivity index (χ4v) is 6.19. The van der Waals surface area contributed by atoms with Crippen LogP contribution < -0.4 is 14.4 Å². The molecule has 0 spiro atoms. The van der Waals surface area contributed by atoms with Crippen LogP contribution in [-0.2, 0) is 26.2 Å². The van der Waals surface area contributed by atoms with E-state index in [1.54, 1.807) is 49.4 Å². The van der Waals surface area contributed by atoms with E-state index >= 15 is 0 Å². The molecule has 39 heavy (non-hydrogen) atoms. The number of anilines is 1. The largest absolute Gasteiger partial charge is 0.497 e. The zero-order valence-corrected chi connectivity index (χ0v) is 23.1. The third-order valence-electron chi connectivity index (χ3n) is 7.04. The third kappa shape index (κ3) is 6.97. The van der Waals surface area contributed by atoms with Gasteiger partial charge in [-0.05, 0) is 61.7 Å². The molecule has 0 radical (unpaired) electrons. The Hall–Kier alpha value is -3.85. The average molecular weight is 550 g/mol. The molecular weight excluding hydrogens is 514 g/mol. The third-order valence-corrected chi connectivity index (χ3v) is 8.82. The highest BCUT2D eigenvalue weighted by Gasteiger charge is 2.33. The predicted octanol–water partition coefficient (Wildman–Crippen LogP) is 4.37. The molecule has 1 aliphatic carbocycles. The number of nitrogens with zero attached hydrogens (tertiary/aromatic N) is 2. The van der Waals surface area contributed by atoms with Crippen molar-refractivity contribution in [2.75, 3.05) is 18.0 Å². The van der Waals surface area contributed by atoms with Crippen molar-refractivity contribution in [3.63, 3.8) is 0 Å². The molecule has 3 aromatic rings. The fourth-order valence-electron chi connectivity index (χ4n) is 4.75. The maximum atomic E-state index is 13.9. The van der Waals surface area contributed by atoms with Gasteiger partial charge in [-0.1, -0.05) is 61.4 Å². The van der Waals surface area contributed by atoms with Crippen LogP contribution >= 0.6 is 0 Å². The van der Waals surface area contributed by atoms with Gasteiger partial charge in [-0.15, -0.1) is 0 Å². The van der Waals surface area contributed by atoms with Crippen molar-refractivity contribution in [3.05, 3.63) is 90.5 Å². The first-order valence-electron chi connectivity index (χ1n) is 13.1. The number of amides is 2. The Labute approximate surface area is 230 Å². The lowest BCUT2D eigenvalue weighted by Gasteiger charge is -2.32. The molecule has 0 saturated heterocycles. The Balaban J connectivity index is 1.66. The van der Waals surface area contributed by atoms with Gasteiger partial charge in [0, 0.05) is 12.6 Å². The summed E-state index contributed by atoms with van der Waals surface area (Å²) in [4.78, 5) is 28.7. The minimum absolute atomic E-state index is 0.0650. The SMILES string of the molecule is COc1ccc(N(CC(=O)N(Cc2ccccc2)C(C)C(=O)NC2CCCC2)S(=O)(=O)c2ccccc2)cc1. The van der Waals surface area contributed by atoms with Crippen molar-refractivity contribution in [1.29, 1.82) is 0 Å². The normalized spacial score (nSPS) is 14.4. The van der Waals surface area contributed by atoms with Crippen LogP contribution in [-0.4, -0.2) is 50.9 Å². The summed E-state index contributed by atoms with van der Waals surface area (Å²) >= 11 is 0.